The van der Waals surface area contributed by atoms with E-state index in [1.165, 1.54) is 0 Å². The molecule has 0 radical (unpaired) electrons. The lowest BCUT2D eigenvalue weighted by molar-refractivity contribution is -0.124. The molecular formula is C13H25N3O3. The Bertz CT molecular complexity index is 320. The lowest BCUT2D eigenvalue weighted by Crippen LogP contribution is -2.48. The van der Waals surface area contributed by atoms with Crippen LogP contribution < -0.4 is 11.1 Å². The van der Waals surface area contributed by atoms with Crippen molar-refractivity contribution >= 4 is 11.7 Å². The van der Waals surface area contributed by atoms with Crippen molar-refractivity contribution in [1.82, 2.24) is 5.32 Å². The average Bonchev–Trinajstić information content (AvgIpc) is 2.60. The molecule has 6 nitrogen and oxygen atoms in total. The maximum atomic E-state index is 12.2. The summed E-state index contributed by atoms with van der Waals surface area (Å²) in [6.07, 6.45) is 5.38. The molecule has 1 aliphatic carbocycles. The normalized spacial score (nSPS) is 26.5. The minimum absolute atomic E-state index is 0.0672. The summed E-state index contributed by atoms with van der Waals surface area (Å²) in [5.74, 6) is -0.948. The number of nitrogens with zero attached hydrogens (tertiary/aromatic N) is 1. The molecule has 1 aliphatic rings. The molecule has 0 aromatic heterocycles. The number of aliphatic hydroxyl groups excluding tert-OH is 1. The van der Waals surface area contributed by atoms with Crippen LogP contribution >= 0.6 is 0 Å². The summed E-state index contributed by atoms with van der Waals surface area (Å²) < 4.78 is 0. The van der Waals surface area contributed by atoms with E-state index >= 15 is 0 Å². The predicted octanol–water partition coefficient (Wildman–Crippen LogP) is 0.959. The molecule has 6 heteroatoms. The molecule has 0 spiro atoms. The molecule has 110 valence electrons. The number of carbonyl (C=O) groups is 1. The van der Waals surface area contributed by atoms with Gasteiger partial charge in [0.1, 0.15) is 0 Å². The summed E-state index contributed by atoms with van der Waals surface area (Å²) in [6, 6.07) is -0.221. The molecule has 0 heterocycles. The molecular weight excluding hydrogens is 246 g/mol. The fourth-order valence-corrected chi connectivity index (χ4v) is 2.51. The molecule has 0 aliphatic heterocycles. The molecule has 1 fully saturated rings. The summed E-state index contributed by atoms with van der Waals surface area (Å²) in [5, 5.41) is 24.5. The third-order valence-electron chi connectivity index (χ3n) is 3.67. The van der Waals surface area contributed by atoms with Gasteiger partial charge in [0.05, 0.1) is 18.1 Å². The van der Waals surface area contributed by atoms with Gasteiger partial charge >= 0.3 is 0 Å². The van der Waals surface area contributed by atoms with Crippen LogP contribution in [0.1, 0.15) is 51.9 Å². The smallest absolute Gasteiger partial charge is 0.231 e. The highest BCUT2D eigenvalue weighted by atomic mass is 16.4. The van der Waals surface area contributed by atoms with Gasteiger partial charge in [-0.3, -0.25) is 4.79 Å². The highest BCUT2D eigenvalue weighted by molar-refractivity contribution is 6.02. The number of rotatable bonds is 5. The predicted molar refractivity (Wildman–Crippen MR) is 72.8 cm³/mol. The molecule has 19 heavy (non-hydrogen) atoms. The summed E-state index contributed by atoms with van der Waals surface area (Å²) >= 11 is 0. The van der Waals surface area contributed by atoms with Crippen molar-refractivity contribution in [3.63, 3.8) is 0 Å². The van der Waals surface area contributed by atoms with Gasteiger partial charge < -0.3 is 21.4 Å². The van der Waals surface area contributed by atoms with Crippen LogP contribution in [0.5, 0.6) is 0 Å². The maximum Gasteiger partial charge on any atom is 0.231 e. The first kappa shape index (κ1) is 15.8. The van der Waals surface area contributed by atoms with Gasteiger partial charge in [-0.15, -0.1) is 0 Å². The first-order valence-electron chi connectivity index (χ1n) is 7.06. The molecule has 5 N–H and O–H groups in total. The summed E-state index contributed by atoms with van der Waals surface area (Å²) in [6.45, 7) is 1.94. The van der Waals surface area contributed by atoms with E-state index in [2.05, 4.69) is 10.5 Å². The Morgan fingerprint density at radius 1 is 1.42 bits per heavy atom. The molecule has 1 amide bonds. The summed E-state index contributed by atoms with van der Waals surface area (Å²) in [4.78, 5) is 12.2. The lowest BCUT2D eigenvalue weighted by atomic mass is 9.99. The number of hydrogen-bond donors (Lipinski definition) is 4. The molecule has 1 rings (SSSR count). The van der Waals surface area contributed by atoms with Crippen molar-refractivity contribution in [2.75, 3.05) is 0 Å². The Morgan fingerprint density at radius 3 is 2.74 bits per heavy atom. The van der Waals surface area contributed by atoms with Crippen molar-refractivity contribution < 1.29 is 15.1 Å². The second kappa shape index (κ2) is 7.99. The molecule has 0 aromatic carbocycles. The molecule has 3 unspecified atom stereocenters. The first-order chi connectivity index (χ1) is 9.10. The SMILES string of the molecule is CCCC(C(=O)NC1CCCCCC1O)C(N)=NO. The van der Waals surface area contributed by atoms with Crippen LogP contribution in [-0.4, -0.2) is 34.2 Å². The Kier molecular flexibility index (Phi) is 6.62. The summed E-state index contributed by atoms with van der Waals surface area (Å²) in [5.41, 5.74) is 5.55. The number of hydrogen-bond acceptors (Lipinski definition) is 4. The lowest BCUT2D eigenvalue weighted by Gasteiger charge is -2.24. The fourth-order valence-electron chi connectivity index (χ4n) is 2.51. The highest BCUT2D eigenvalue weighted by Gasteiger charge is 2.28. The number of amidine groups is 1. The fraction of sp³-hybridized carbons (Fsp3) is 0.846. The van der Waals surface area contributed by atoms with Crippen LogP contribution in [0.15, 0.2) is 5.16 Å². The van der Waals surface area contributed by atoms with Gasteiger partial charge in [-0.25, -0.2) is 0 Å². The third kappa shape index (κ3) is 4.70. The number of oxime groups is 1. The molecule has 3 atom stereocenters. The second-order valence-corrected chi connectivity index (χ2v) is 5.19. The van der Waals surface area contributed by atoms with Crippen LogP contribution in [0.2, 0.25) is 0 Å². The van der Waals surface area contributed by atoms with Crippen molar-refractivity contribution in [2.45, 2.75) is 64.0 Å². The van der Waals surface area contributed by atoms with E-state index < -0.39 is 12.0 Å². The Hall–Kier alpha value is -1.30. The molecule has 1 saturated carbocycles. The van der Waals surface area contributed by atoms with Gasteiger partial charge in [-0.05, 0) is 19.3 Å². The molecule has 0 aromatic rings. The van der Waals surface area contributed by atoms with Gasteiger partial charge in [0.25, 0.3) is 0 Å². The van der Waals surface area contributed by atoms with E-state index in [0.29, 0.717) is 12.8 Å². The monoisotopic (exact) mass is 271 g/mol. The number of nitrogens with one attached hydrogen (secondary N) is 1. The zero-order valence-corrected chi connectivity index (χ0v) is 11.5. The van der Waals surface area contributed by atoms with Gasteiger partial charge in [0, 0.05) is 0 Å². The van der Waals surface area contributed by atoms with E-state index in [1.807, 2.05) is 6.92 Å². The zero-order chi connectivity index (χ0) is 14.3. The summed E-state index contributed by atoms with van der Waals surface area (Å²) in [7, 11) is 0. The Morgan fingerprint density at radius 2 is 2.11 bits per heavy atom. The van der Waals surface area contributed by atoms with Gasteiger partial charge in [-0.2, -0.15) is 0 Å². The van der Waals surface area contributed by atoms with Gasteiger partial charge in [0.15, 0.2) is 5.84 Å². The number of nitrogens with two attached hydrogens (primary N) is 1. The van der Waals surface area contributed by atoms with Crippen LogP contribution in [0.25, 0.3) is 0 Å². The average molecular weight is 271 g/mol. The van der Waals surface area contributed by atoms with Crippen LogP contribution in [0.4, 0.5) is 0 Å². The van der Waals surface area contributed by atoms with Crippen molar-refractivity contribution in [1.29, 1.82) is 0 Å². The van der Waals surface area contributed by atoms with Crippen LogP contribution in [0.3, 0.4) is 0 Å². The zero-order valence-electron chi connectivity index (χ0n) is 11.5. The third-order valence-corrected chi connectivity index (χ3v) is 3.67. The maximum absolute atomic E-state index is 12.2. The first-order valence-corrected chi connectivity index (χ1v) is 7.06. The van der Waals surface area contributed by atoms with Crippen molar-refractivity contribution in [3.8, 4) is 0 Å². The Labute approximate surface area is 114 Å². The van der Waals surface area contributed by atoms with Crippen molar-refractivity contribution in [3.05, 3.63) is 0 Å². The second-order valence-electron chi connectivity index (χ2n) is 5.19. The van der Waals surface area contributed by atoms with E-state index in [4.69, 9.17) is 10.9 Å². The van der Waals surface area contributed by atoms with E-state index in [1.54, 1.807) is 0 Å². The standard InChI is InChI=1S/C13H25N3O3/c1-2-6-9(12(14)16-19)13(18)15-10-7-4-3-5-8-11(10)17/h9-11,17,19H,2-8H2,1H3,(H2,14,16)(H,15,18). The van der Waals surface area contributed by atoms with Crippen LogP contribution in [-0.2, 0) is 4.79 Å². The largest absolute Gasteiger partial charge is 0.409 e. The van der Waals surface area contributed by atoms with Crippen molar-refractivity contribution in [2.24, 2.45) is 16.8 Å². The van der Waals surface area contributed by atoms with E-state index in [-0.39, 0.29) is 17.8 Å². The minimum Gasteiger partial charge on any atom is -0.409 e. The topological polar surface area (TPSA) is 108 Å². The van der Waals surface area contributed by atoms with Crippen LogP contribution in [0, 0.1) is 5.92 Å². The van der Waals surface area contributed by atoms with E-state index in [9.17, 15) is 9.90 Å². The van der Waals surface area contributed by atoms with Gasteiger partial charge in [-0.1, -0.05) is 37.8 Å². The number of carbonyl (C=O) groups excluding carboxylic acids is 1. The molecule has 0 saturated heterocycles. The van der Waals surface area contributed by atoms with Gasteiger partial charge in [0.2, 0.25) is 5.91 Å². The highest BCUT2D eigenvalue weighted by Crippen LogP contribution is 2.19. The quantitative estimate of drug-likeness (QED) is 0.196. The minimum atomic E-state index is -0.620. The van der Waals surface area contributed by atoms with E-state index in [0.717, 1.165) is 32.1 Å². The Balaban J connectivity index is 2.64. The number of amides is 1. The molecule has 0 bridgehead atoms. The number of aliphatic hydroxyl groups is 1.